The summed E-state index contributed by atoms with van der Waals surface area (Å²) in [7, 11) is 0. The average Bonchev–Trinajstić information content (AvgIpc) is 2.58. The third-order valence-corrected chi connectivity index (χ3v) is 3.51. The van der Waals surface area contributed by atoms with Crippen LogP contribution in [0.4, 0.5) is 0 Å². The van der Waals surface area contributed by atoms with Crippen molar-refractivity contribution < 1.29 is 5.11 Å². The van der Waals surface area contributed by atoms with Gasteiger partial charge >= 0.3 is 0 Å². The first-order valence-electron chi connectivity index (χ1n) is 5.10. The fraction of sp³-hybridized carbons (Fsp3) is 0.455. The highest BCUT2D eigenvalue weighted by Gasteiger charge is 2.19. The van der Waals surface area contributed by atoms with E-state index in [1.54, 1.807) is 12.1 Å². The van der Waals surface area contributed by atoms with Gasteiger partial charge < -0.3 is 10.8 Å². The minimum atomic E-state index is 0. The van der Waals surface area contributed by atoms with Crippen LogP contribution >= 0.6 is 28.3 Å². The number of phenols is 1. The molecule has 0 amide bonds. The summed E-state index contributed by atoms with van der Waals surface area (Å²) in [5.74, 6) is 0.316. The molecule has 0 radical (unpaired) electrons. The maximum Gasteiger partial charge on any atom is 0.115 e. The summed E-state index contributed by atoms with van der Waals surface area (Å²) in [4.78, 5) is 2.31. The second-order valence-corrected chi connectivity index (χ2v) is 4.91. The molecule has 2 rings (SSSR count). The Balaban J connectivity index is 0.00000128. The van der Waals surface area contributed by atoms with Crippen LogP contribution in [-0.4, -0.2) is 29.1 Å². The lowest BCUT2D eigenvalue weighted by atomic mass is 10.2. The van der Waals surface area contributed by atoms with E-state index in [0.717, 1.165) is 36.1 Å². The fourth-order valence-corrected chi connectivity index (χ4v) is 2.30. The summed E-state index contributed by atoms with van der Waals surface area (Å²) in [6.45, 7) is 2.84. The first kappa shape index (κ1) is 13.8. The SMILES string of the molecule is Cl.NC1CCN(Cc2cc(O)ccc2Br)C1. The van der Waals surface area contributed by atoms with E-state index in [0.29, 0.717) is 11.8 Å². The predicted octanol–water partition coefficient (Wildman–Crippen LogP) is 2.11. The molecule has 0 bridgehead atoms. The minimum absolute atomic E-state index is 0. The molecular weight excluding hydrogens is 291 g/mol. The van der Waals surface area contributed by atoms with E-state index >= 15 is 0 Å². The number of benzene rings is 1. The summed E-state index contributed by atoms with van der Waals surface area (Å²) in [6.07, 6.45) is 1.07. The van der Waals surface area contributed by atoms with Gasteiger partial charge in [-0.2, -0.15) is 0 Å². The maximum atomic E-state index is 9.40. The van der Waals surface area contributed by atoms with E-state index in [1.165, 1.54) is 0 Å². The van der Waals surface area contributed by atoms with Crippen LogP contribution < -0.4 is 5.73 Å². The number of hydrogen-bond acceptors (Lipinski definition) is 3. The third-order valence-electron chi connectivity index (χ3n) is 2.73. The molecule has 1 atom stereocenters. The molecule has 1 heterocycles. The molecule has 1 aliphatic heterocycles. The highest BCUT2D eigenvalue weighted by Crippen LogP contribution is 2.24. The molecule has 5 heteroatoms. The molecular formula is C11H16BrClN2O. The van der Waals surface area contributed by atoms with Crippen molar-refractivity contribution in [3.63, 3.8) is 0 Å². The van der Waals surface area contributed by atoms with Gasteiger partial charge in [-0.05, 0) is 30.2 Å². The molecule has 1 fully saturated rings. The zero-order valence-corrected chi connectivity index (χ0v) is 11.3. The lowest BCUT2D eigenvalue weighted by molar-refractivity contribution is 0.325. The molecule has 90 valence electrons. The van der Waals surface area contributed by atoms with Gasteiger partial charge in [0.05, 0.1) is 0 Å². The number of aromatic hydroxyl groups is 1. The largest absolute Gasteiger partial charge is 0.508 e. The van der Waals surface area contributed by atoms with Crippen LogP contribution in [0, 0.1) is 0 Å². The fourth-order valence-electron chi connectivity index (χ4n) is 1.93. The molecule has 1 saturated heterocycles. The Hall–Kier alpha value is -0.290. The molecule has 0 spiro atoms. The summed E-state index contributed by atoms with van der Waals surface area (Å²) in [6, 6.07) is 5.67. The Morgan fingerprint density at radius 3 is 2.88 bits per heavy atom. The van der Waals surface area contributed by atoms with Crippen molar-refractivity contribution in [2.24, 2.45) is 5.73 Å². The number of phenolic OH excluding ortho intramolecular Hbond substituents is 1. The van der Waals surface area contributed by atoms with E-state index in [9.17, 15) is 5.11 Å². The number of nitrogens with zero attached hydrogens (tertiary/aromatic N) is 1. The zero-order valence-electron chi connectivity index (χ0n) is 8.90. The van der Waals surface area contributed by atoms with Crippen LogP contribution in [0.5, 0.6) is 5.75 Å². The van der Waals surface area contributed by atoms with E-state index in [2.05, 4.69) is 20.8 Å². The average molecular weight is 308 g/mol. The maximum absolute atomic E-state index is 9.40. The lowest BCUT2D eigenvalue weighted by Gasteiger charge is -2.16. The number of hydrogen-bond donors (Lipinski definition) is 2. The minimum Gasteiger partial charge on any atom is -0.508 e. The molecule has 0 aromatic heterocycles. The van der Waals surface area contributed by atoms with Crippen molar-refractivity contribution in [1.82, 2.24) is 4.90 Å². The van der Waals surface area contributed by atoms with Crippen molar-refractivity contribution in [3.05, 3.63) is 28.2 Å². The van der Waals surface area contributed by atoms with Crippen LogP contribution in [0.25, 0.3) is 0 Å². The monoisotopic (exact) mass is 306 g/mol. The van der Waals surface area contributed by atoms with Crippen LogP contribution in [0.2, 0.25) is 0 Å². The molecule has 1 aromatic rings. The van der Waals surface area contributed by atoms with Gasteiger partial charge in [0.25, 0.3) is 0 Å². The molecule has 0 saturated carbocycles. The summed E-state index contributed by atoms with van der Waals surface area (Å²) in [5.41, 5.74) is 6.96. The van der Waals surface area contributed by atoms with E-state index in [-0.39, 0.29) is 12.4 Å². The van der Waals surface area contributed by atoms with Gasteiger partial charge in [0, 0.05) is 30.1 Å². The number of halogens is 2. The summed E-state index contributed by atoms with van der Waals surface area (Å²) >= 11 is 3.48. The van der Waals surface area contributed by atoms with Crippen molar-refractivity contribution in [1.29, 1.82) is 0 Å². The van der Waals surface area contributed by atoms with Gasteiger partial charge in [-0.25, -0.2) is 0 Å². The Bertz CT molecular complexity index is 362. The first-order valence-corrected chi connectivity index (χ1v) is 5.90. The van der Waals surface area contributed by atoms with Gasteiger partial charge in [0.15, 0.2) is 0 Å². The molecule has 3 N–H and O–H groups in total. The number of likely N-dealkylation sites (tertiary alicyclic amines) is 1. The number of rotatable bonds is 2. The Morgan fingerprint density at radius 1 is 1.50 bits per heavy atom. The number of nitrogens with two attached hydrogens (primary N) is 1. The Morgan fingerprint density at radius 2 is 2.25 bits per heavy atom. The molecule has 0 aliphatic carbocycles. The summed E-state index contributed by atoms with van der Waals surface area (Å²) in [5, 5.41) is 9.40. The topological polar surface area (TPSA) is 49.5 Å². The highest BCUT2D eigenvalue weighted by atomic mass is 79.9. The van der Waals surface area contributed by atoms with E-state index < -0.39 is 0 Å². The van der Waals surface area contributed by atoms with Crippen LogP contribution in [-0.2, 0) is 6.54 Å². The van der Waals surface area contributed by atoms with Crippen molar-refractivity contribution >= 4 is 28.3 Å². The second-order valence-electron chi connectivity index (χ2n) is 4.06. The molecule has 1 aromatic carbocycles. The third kappa shape index (κ3) is 3.35. The van der Waals surface area contributed by atoms with E-state index in [4.69, 9.17) is 5.73 Å². The van der Waals surface area contributed by atoms with Crippen LogP contribution in [0.3, 0.4) is 0 Å². The first-order chi connectivity index (χ1) is 7.15. The Labute approximate surface area is 110 Å². The van der Waals surface area contributed by atoms with Crippen molar-refractivity contribution in [2.75, 3.05) is 13.1 Å². The lowest BCUT2D eigenvalue weighted by Crippen LogP contribution is -2.26. The summed E-state index contributed by atoms with van der Waals surface area (Å²) < 4.78 is 1.04. The predicted molar refractivity (Wildman–Crippen MR) is 70.9 cm³/mol. The normalized spacial score (nSPS) is 20.8. The van der Waals surface area contributed by atoms with Gasteiger partial charge in [0.2, 0.25) is 0 Å². The van der Waals surface area contributed by atoms with Gasteiger partial charge in [0.1, 0.15) is 5.75 Å². The van der Waals surface area contributed by atoms with Crippen molar-refractivity contribution in [3.8, 4) is 5.75 Å². The van der Waals surface area contributed by atoms with Gasteiger partial charge in [-0.15, -0.1) is 12.4 Å². The van der Waals surface area contributed by atoms with Crippen LogP contribution in [0.15, 0.2) is 22.7 Å². The van der Waals surface area contributed by atoms with Crippen molar-refractivity contribution in [2.45, 2.75) is 19.0 Å². The second kappa shape index (κ2) is 5.87. The Kier molecular flexibility index (Phi) is 5.05. The molecule has 3 nitrogen and oxygen atoms in total. The quantitative estimate of drug-likeness (QED) is 0.880. The zero-order chi connectivity index (χ0) is 10.8. The standard InChI is InChI=1S/C11H15BrN2O.ClH/c12-11-2-1-10(15)5-8(11)6-14-4-3-9(13)7-14;/h1-2,5,9,15H,3-4,6-7,13H2;1H. The van der Waals surface area contributed by atoms with E-state index in [1.807, 2.05) is 6.07 Å². The molecule has 1 aliphatic rings. The van der Waals surface area contributed by atoms with Gasteiger partial charge in [-0.3, -0.25) is 4.90 Å². The molecule has 16 heavy (non-hydrogen) atoms. The van der Waals surface area contributed by atoms with Gasteiger partial charge in [-0.1, -0.05) is 15.9 Å². The highest BCUT2D eigenvalue weighted by molar-refractivity contribution is 9.10. The molecule has 1 unspecified atom stereocenters. The smallest absolute Gasteiger partial charge is 0.115 e. The van der Waals surface area contributed by atoms with Crippen LogP contribution in [0.1, 0.15) is 12.0 Å².